The Morgan fingerprint density at radius 2 is 0.923 bits per heavy atom. The van der Waals surface area contributed by atoms with Gasteiger partial charge in [0.05, 0.1) is 56.6 Å². The van der Waals surface area contributed by atoms with Crippen molar-refractivity contribution in [2.75, 3.05) is 9.80 Å². The summed E-state index contributed by atoms with van der Waals surface area (Å²) in [6, 6.07) is 61.6. The first-order valence-electron chi connectivity index (χ1n) is 17.7. The van der Waals surface area contributed by atoms with Crippen LogP contribution >= 0.6 is 0 Å². The van der Waals surface area contributed by atoms with Gasteiger partial charge in [0.1, 0.15) is 0 Å². The van der Waals surface area contributed by atoms with Gasteiger partial charge in [-0.1, -0.05) is 91.0 Å². The van der Waals surface area contributed by atoms with E-state index in [0.29, 0.717) is 0 Å². The molecule has 244 valence electrons. The van der Waals surface area contributed by atoms with Crippen molar-refractivity contribution in [3.05, 3.63) is 211 Å². The van der Waals surface area contributed by atoms with Crippen LogP contribution in [0.2, 0.25) is 0 Å². The summed E-state index contributed by atoms with van der Waals surface area (Å²) in [5, 5.41) is 1.10. The highest BCUT2D eigenvalue weighted by atomic mass is 15.2. The van der Waals surface area contributed by atoms with Gasteiger partial charge < -0.3 is 14.4 Å². The first-order valence-corrected chi connectivity index (χ1v) is 17.7. The predicted octanol–water partition coefficient (Wildman–Crippen LogP) is 11.5. The summed E-state index contributed by atoms with van der Waals surface area (Å²) in [5.41, 5.74) is 15.5. The van der Waals surface area contributed by atoms with Gasteiger partial charge in [-0.3, -0.25) is 9.97 Å². The van der Waals surface area contributed by atoms with E-state index in [4.69, 9.17) is 4.98 Å². The molecule has 5 heteroatoms. The van der Waals surface area contributed by atoms with Gasteiger partial charge in [-0.15, -0.1) is 0 Å². The SMILES string of the molecule is c1ccc(N2c3ccccc3C3(c4ccccc42)c2ccccc2N(c2ccc4c(c2)c2ncccc2n4-c2cccnc2)c2ccccc23)cc1. The smallest absolute Gasteiger partial charge is 0.0964 e. The van der Waals surface area contributed by atoms with Crippen LogP contribution in [0.5, 0.6) is 0 Å². The Labute approximate surface area is 301 Å². The van der Waals surface area contributed by atoms with E-state index in [-0.39, 0.29) is 0 Å². The molecule has 0 unspecified atom stereocenters. The van der Waals surface area contributed by atoms with Gasteiger partial charge >= 0.3 is 0 Å². The highest BCUT2D eigenvalue weighted by Crippen LogP contribution is 2.63. The van der Waals surface area contributed by atoms with Gasteiger partial charge in [-0.2, -0.15) is 0 Å². The van der Waals surface area contributed by atoms with Crippen LogP contribution in [-0.2, 0) is 5.41 Å². The van der Waals surface area contributed by atoms with Crippen molar-refractivity contribution < 1.29 is 0 Å². The minimum absolute atomic E-state index is 0.565. The van der Waals surface area contributed by atoms with E-state index in [1.54, 1.807) is 0 Å². The summed E-state index contributed by atoms with van der Waals surface area (Å²) in [6.45, 7) is 0. The molecular formula is C47H31N5. The Bertz CT molecular complexity index is 2730. The predicted molar refractivity (Wildman–Crippen MR) is 211 cm³/mol. The molecule has 0 bridgehead atoms. The molecule has 52 heavy (non-hydrogen) atoms. The fourth-order valence-corrected chi connectivity index (χ4v) is 8.93. The summed E-state index contributed by atoms with van der Waals surface area (Å²) < 4.78 is 2.26. The van der Waals surface area contributed by atoms with Crippen molar-refractivity contribution in [3.63, 3.8) is 0 Å². The number of hydrogen-bond donors (Lipinski definition) is 0. The molecule has 2 aliphatic rings. The van der Waals surface area contributed by atoms with Crippen LogP contribution < -0.4 is 9.80 Å². The fourth-order valence-electron chi connectivity index (χ4n) is 8.93. The Kier molecular flexibility index (Phi) is 6.10. The van der Waals surface area contributed by atoms with E-state index in [0.717, 1.165) is 50.4 Å². The van der Waals surface area contributed by atoms with E-state index < -0.39 is 5.41 Å². The van der Waals surface area contributed by atoms with Crippen LogP contribution in [0.3, 0.4) is 0 Å². The Balaban J connectivity index is 1.20. The first kappa shape index (κ1) is 28.8. The molecule has 0 saturated heterocycles. The number of nitrogens with zero attached hydrogens (tertiary/aromatic N) is 5. The second-order valence-electron chi connectivity index (χ2n) is 13.4. The quantitative estimate of drug-likeness (QED) is 0.188. The van der Waals surface area contributed by atoms with Crippen LogP contribution in [0.25, 0.3) is 27.6 Å². The molecule has 5 nitrogen and oxygen atoms in total. The second kappa shape index (κ2) is 11.0. The highest BCUT2D eigenvalue weighted by Gasteiger charge is 2.51. The van der Waals surface area contributed by atoms with Crippen LogP contribution in [0, 0.1) is 0 Å². The minimum atomic E-state index is -0.565. The molecule has 0 radical (unpaired) electrons. The molecule has 5 heterocycles. The Morgan fingerprint density at radius 3 is 1.50 bits per heavy atom. The normalized spacial score (nSPS) is 13.8. The number of fused-ring (bicyclic) bond motifs is 11. The molecule has 0 saturated carbocycles. The summed E-state index contributed by atoms with van der Waals surface area (Å²) in [7, 11) is 0. The standard InChI is InChI=1S/C47H31N5/c1-2-14-32(15-3-1)50-41-21-8-4-17-36(41)47(37-18-5-9-22-42(37)50)38-19-6-10-23-43(38)51(44-24-11-7-20-39(44)47)33-26-27-40-35(30-33)46-45(25-13-29-49-46)52(40)34-16-12-28-48-31-34/h1-31H. The fraction of sp³-hybridized carbons (Fsp3) is 0.0213. The van der Waals surface area contributed by atoms with Crippen LogP contribution in [0.15, 0.2) is 188 Å². The van der Waals surface area contributed by atoms with Gasteiger partial charge in [0.15, 0.2) is 0 Å². The summed E-state index contributed by atoms with van der Waals surface area (Å²) in [4.78, 5) is 14.2. The zero-order chi connectivity index (χ0) is 34.2. The number of benzene rings is 6. The third kappa shape index (κ3) is 3.82. The van der Waals surface area contributed by atoms with Crippen LogP contribution in [0.4, 0.5) is 34.1 Å². The second-order valence-corrected chi connectivity index (χ2v) is 13.4. The van der Waals surface area contributed by atoms with Crippen molar-refractivity contribution >= 4 is 56.1 Å². The number of hydrogen-bond acceptors (Lipinski definition) is 4. The van der Waals surface area contributed by atoms with Gasteiger partial charge in [0.2, 0.25) is 0 Å². The lowest BCUT2D eigenvalue weighted by molar-refractivity contribution is 0.719. The monoisotopic (exact) mass is 665 g/mol. The van der Waals surface area contributed by atoms with Crippen molar-refractivity contribution in [3.8, 4) is 5.69 Å². The Hall–Kier alpha value is -6.98. The zero-order valence-electron chi connectivity index (χ0n) is 28.1. The number of pyridine rings is 2. The largest absolute Gasteiger partial charge is 0.310 e. The highest BCUT2D eigenvalue weighted by molar-refractivity contribution is 6.09. The van der Waals surface area contributed by atoms with Crippen molar-refractivity contribution in [2.24, 2.45) is 0 Å². The maximum atomic E-state index is 4.92. The maximum absolute atomic E-state index is 4.92. The molecule has 0 N–H and O–H groups in total. The average molecular weight is 666 g/mol. The molecule has 0 aliphatic carbocycles. The molecule has 6 aromatic carbocycles. The van der Waals surface area contributed by atoms with Crippen molar-refractivity contribution in [1.82, 2.24) is 14.5 Å². The molecule has 3 aromatic heterocycles. The molecule has 0 fully saturated rings. The van der Waals surface area contributed by atoms with Gasteiger partial charge in [-0.25, -0.2) is 0 Å². The summed E-state index contributed by atoms with van der Waals surface area (Å²) in [5.74, 6) is 0. The van der Waals surface area contributed by atoms with Crippen molar-refractivity contribution in [1.29, 1.82) is 0 Å². The topological polar surface area (TPSA) is 37.2 Å². The molecule has 11 rings (SSSR count). The number of para-hydroxylation sites is 5. The third-order valence-corrected chi connectivity index (χ3v) is 10.9. The lowest BCUT2D eigenvalue weighted by atomic mass is 9.60. The first-order chi connectivity index (χ1) is 25.8. The molecule has 0 atom stereocenters. The number of aromatic nitrogens is 3. The summed E-state index contributed by atoms with van der Waals surface area (Å²) >= 11 is 0. The van der Waals surface area contributed by atoms with Crippen molar-refractivity contribution in [2.45, 2.75) is 5.41 Å². The minimum Gasteiger partial charge on any atom is -0.310 e. The van der Waals surface area contributed by atoms with Gasteiger partial charge in [0, 0.05) is 29.2 Å². The van der Waals surface area contributed by atoms with E-state index in [1.165, 1.54) is 33.6 Å². The van der Waals surface area contributed by atoms with E-state index >= 15 is 0 Å². The third-order valence-electron chi connectivity index (χ3n) is 10.9. The molecule has 9 aromatic rings. The van der Waals surface area contributed by atoms with Crippen LogP contribution in [-0.4, -0.2) is 14.5 Å². The maximum Gasteiger partial charge on any atom is 0.0964 e. The van der Waals surface area contributed by atoms with E-state index in [2.05, 4.69) is 177 Å². The summed E-state index contributed by atoms with van der Waals surface area (Å²) in [6.07, 6.45) is 5.61. The average Bonchev–Trinajstić information content (AvgIpc) is 3.55. The molecule has 2 aliphatic heterocycles. The molecule has 1 spiro atoms. The Morgan fingerprint density at radius 1 is 0.404 bits per heavy atom. The van der Waals surface area contributed by atoms with E-state index in [1.807, 2.05) is 30.7 Å². The molecule has 0 amide bonds. The van der Waals surface area contributed by atoms with Crippen LogP contribution in [0.1, 0.15) is 22.3 Å². The van der Waals surface area contributed by atoms with E-state index in [9.17, 15) is 0 Å². The van der Waals surface area contributed by atoms with Gasteiger partial charge in [0.25, 0.3) is 0 Å². The van der Waals surface area contributed by atoms with Gasteiger partial charge in [-0.05, 0) is 101 Å². The lowest BCUT2D eigenvalue weighted by Gasteiger charge is -2.51. The zero-order valence-corrected chi connectivity index (χ0v) is 28.1. The molecular weight excluding hydrogens is 635 g/mol. The number of rotatable bonds is 3. The lowest BCUT2D eigenvalue weighted by Crippen LogP contribution is -2.41. The number of anilines is 6.